The summed E-state index contributed by atoms with van der Waals surface area (Å²) in [7, 11) is 0. The summed E-state index contributed by atoms with van der Waals surface area (Å²) in [6, 6.07) is 0. The quantitative estimate of drug-likeness (QED) is 0.501. The van der Waals surface area contributed by atoms with Crippen LogP contribution in [0.3, 0.4) is 0 Å². The van der Waals surface area contributed by atoms with Gasteiger partial charge in [0.2, 0.25) is 5.84 Å². The van der Waals surface area contributed by atoms with Crippen molar-refractivity contribution >= 4 is 18.3 Å². The first-order chi connectivity index (χ1) is 7.52. The number of hydrogen-bond donors (Lipinski definition) is 0. The van der Waals surface area contributed by atoms with Crippen molar-refractivity contribution in [1.82, 2.24) is 5.01 Å². The fourth-order valence-corrected chi connectivity index (χ4v) is 1.19. The molecular weight excluding hydrogens is 223 g/mol. The number of aldehydes is 1. The third-order valence-corrected chi connectivity index (χ3v) is 1.84. The monoisotopic (exact) mass is 227 g/mol. The van der Waals surface area contributed by atoms with E-state index < -0.39 is 12.0 Å². The Bertz CT molecular complexity index is 493. The average molecular weight is 227 g/mol. The van der Waals surface area contributed by atoms with Crippen molar-refractivity contribution in [2.24, 2.45) is 10.1 Å². The summed E-state index contributed by atoms with van der Waals surface area (Å²) in [5.74, 6) is -1.15. The Labute approximate surface area is 87.8 Å². The third kappa shape index (κ3) is 1.68. The van der Waals surface area contributed by atoms with E-state index >= 15 is 0 Å². The average Bonchev–Trinajstić information content (AvgIpc) is 2.26. The number of carbonyl (C=O) groups is 1. The zero-order valence-corrected chi connectivity index (χ0v) is 7.69. The van der Waals surface area contributed by atoms with Crippen LogP contribution in [0.2, 0.25) is 0 Å². The molecule has 0 aromatic heterocycles. The Morgan fingerprint density at radius 2 is 2.19 bits per heavy atom. The molecule has 0 aromatic carbocycles. The van der Waals surface area contributed by atoms with Gasteiger partial charge in [-0.3, -0.25) is 4.79 Å². The van der Waals surface area contributed by atoms with Crippen LogP contribution in [-0.4, -0.2) is 29.5 Å². The SMILES string of the molecule is O=CC1=CC2=C=CN=C(C(F)(F)F)N2N=C1. The van der Waals surface area contributed by atoms with Gasteiger partial charge in [-0.1, -0.05) is 5.73 Å². The Morgan fingerprint density at radius 3 is 2.81 bits per heavy atom. The lowest BCUT2D eigenvalue weighted by atomic mass is 10.2. The molecule has 82 valence electrons. The highest BCUT2D eigenvalue weighted by Gasteiger charge is 2.42. The van der Waals surface area contributed by atoms with Crippen molar-refractivity contribution in [3.8, 4) is 0 Å². The van der Waals surface area contributed by atoms with Gasteiger partial charge in [-0.25, -0.2) is 10.0 Å². The molecule has 0 spiro atoms. The third-order valence-electron chi connectivity index (χ3n) is 1.84. The molecule has 2 heterocycles. The Balaban J connectivity index is 2.42. The van der Waals surface area contributed by atoms with Gasteiger partial charge < -0.3 is 0 Å². The van der Waals surface area contributed by atoms with E-state index in [1.165, 1.54) is 6.08 Å². The van der Waals surface area contributed by atoms with Crippen molar-refractivity contribution < 1.29 is 18.0 Å². The topological polar surface area (TPSA) is 45.0 Å². The van der Waals surface area contributed by atoms with Crippen molar-refractivity contribution in [2.45, 2.75) is 6.18 Å². The lowest BCUT2D eigenvalue weighted by molar-refractivity contribution is -0.104. The van der Waals surface area contributed by atoms with E-state index in [2.05, 4.69) is 15.8 Å². The predicted octanol–water partition coefficient (Wildman–Crippen LogP) is 1.38. The maximum Gasteiger partial charge on any atom is 0.451 e. The van der Waals surface area contributed by atoms with Crippen LogP contribution in [0.5, 0.6) is 0 Å². The summed E-state index contributed by atoms with van der Waals surface area (Å²) in [5, 5.41) is 4.08. The Hall–Kier alpha value is -2.14. The molecule has 7 heteroatoms. The van der Waals surface area contributed by atoms with Crippen LogP contribution in [0.15, 0.2) is 39.4 Å². The van der Waals surface area contributed by atoms with E-state index in [0.29, 0.717) is 11.3 Å². The molecule has 0 unspecified atom stereocenters. The van der Waals surface area contributed by atoms with E-state index in [9.17, 15) is 18.0 Å². The van der Waals surface area contributed by atoms with Gasteiger partial charge in [0.25, 0.3) is 0 Å². The summed E-state index contributed by atoms with van der Waals surface area (Å²) in [5.41, 5.74) is 2.68. The summed E-state index contributed by atoms with van der Waals surface area (Å²) < 4.78 is 37.5. The van der Waals surface area contributed by atoms with Gasteiger partial charge in [0.1, 0.15) is 5.70 Å². The number of alkyl halides is 3. The first kappa shape index (κ1) is 10.4. The van der Waals surface area contributed by atoms with Crippen LogP contribution in [0.25, 0.3) is 0 Å². The van der Waals surface area contributed by atoms with Crippen molar-refractivity contribution in [3.05, 3.63) is 29.3 Å². The Kier molecular flexibility index (Phi) is 2.25. The van der Waals surface area contributed by atoms with Gasteiger partial charge in [-0.05, 0) is 6.08 Å². The highest BCUT2D eigenvalue weighted by Crippen LogP contribution is 2.26. The Morgan fingerprint density at radius 1 is 1.44 bits per heavy atom. The summed E-state index contributed by atoms with van der Waals surface area (Å²) in [4.78, 5) is 13.6. The summed E-state index contributed by atoms with van der Waals surface area (Å²) >= 11 is 0. The van der Waals surface area contributed by atoms with Crippen LogP contribution in [0, 0.1) is 0 Å². The molecule has 2 rings (SSSR count). The van der Waals surface area contributed by atoms with Gasteiger partial charge in [0, 0.05) is 5.57 Å². The predicted molar refractivity (Wildman–Crippen MR) is 49.6 cm³/mol. The number of carbonyl (C=O) groups excluding carboxylic acids is 1. The van der Waals surface area contributed by atoms with Crippen molar-refractivity contribution in [3.63, 3.8) is 0 Å². The van der Waals surface area contributed by atoms with Crippen LogP contribution < -0.4 is 0 Å². The number of fused-ring (bicyclic) bond motifs is 1. The molecule has 0 saturated carbocycles. The van der Waals surface area contributed by atoms with Gasteiger partial charge in [0.15, 0.2) is 6.29 Å². The number of hydrogen-bond acceptors (Lipinski definition) is 4. The van der Waals surface area contributed by atoms with E-state index in [0.717, 1.165) is 12.4 Å². The number of halogens is 3. The number of hydrazone groups is 1. The molecule has 0 aromatic rings. The van der Waals surface area contributed by atoms with E-state index in [-0.39, 0.29) is 11.3 Å². The van der Waals surface area contributed by atoms with Crippen molar-refractivity contribution in [2.75, 3.05) is 0 Å². The molecule has 2 aliphatic heterocycles. The van der Waals surface area contributed by atoms with E-state index in [4.69, 9.17) is 0 Å². The molecule has 2 aliphatic rings. The first-order valence-electron chi connectivity index (χ1n) is 4.13. The second-order valence-corrected chi connectivity index (χ2v) is 2.93. The van der Waals surface area contributed by atoms with E-state index in [1.54, 1.807) is 0 Å². The van der Waals surface area contributed by atoms with Crippen LogP contribution in [0.4, 0.5) is 13.2 Å². The second-order valence-electron chi connectivity index (χ2n) is 2.93. The smallest absolute Gasteiger partial charge is 0.298 e. The highest BCUT2D eigenvalue weighted by atomic mass is 19.4. The number of amidine groups is 1. The first-order valence-corrected chi connectivity index (χ1v) is 4.13. The standard InChI is InChI=1S/C9H4F3N3O/c10-9(11,12)8-13-2-1-7-3-6(5-16)4-14-15(7)8/h2-5H. The fourth-order valence-electron chi connectivity index (χ4n) is 1.19. The molecule has 0 aliphatic carbocycles. The molecule has 0 saturated heterocycles. The number of rotatable bonds is 1. The van der Waals surface area contributed by atoms with Gasteiger partial charge in [0.05, 0.1) is 12.4 Å². The fraction of sp³-hybridized carbons (Fsp3) is 0.111. The zero-order chi connectivity index (χ0) is 11.8. The largest absolute Gasteiger partial charge is 0.451 e. The highest BCUT2D eigenvalue weighted by molar-refractivity contribution is 6.04. The molecule has 0 N–H and O–H groups in total. The molecule has 0 amide bonds. The molecule has 0 atom stereocenters. The molecule has 0 bridgehead atoms. The van der Waals surface area contributed by atoms with Gasteiger partial charge in [-0.15, -0.1) is 0 Å². The second kappa shape index (κ2) is 3.46. The summed E-state index contributed by atoms with van der Waals surface area (Å²) in [6.07, 6.45) is -0.932. The maximum atomic E-state index is 12.5. The number of allylic oxidation sites excluding steroid dienone is 2. The lowest BCUT2D eigenvalue weighted by Gasteiger charge is -2.25. The minimum atomic E-state index is -4.60. The minimum absolute atomic E-state index is 0.0342. The number of nitrogens with zero attached hydrogens (tertiary/aromatic N) is 3. The summed E-state index contributed by atoms with van der Waals surface area (Å²) in [6.45, 7) is 0. The lowest BCUT2D eigenvalue weighted by Crippen LogP contribution is -2.39. The van der Waals surface area contributed by atoms with Gasteiger partial charge >= 0.3 is 6.18 Å². The molecule has 0 radical (unpaired) electrons. The normalized spacial score (nSPS) is 18.7. The molecular formula is C9H4F3N3O. The number of aliphatic imine (C=N–C) groups is 1. The van der Waals surface area contributed by atoms with Crippen molar-refractivity contribution in [1.29, 1.82) is 0 Å². The molecule has 16 heavy (non-hydrogen) atoms. The molecule has 4 nitrogen and oxygen atoms in total. The van der Waals surface area contributed by atoms with Crippen LogP contribution in [-0.2, 0) is 4.79 Å². The van der Waals surface area contributed by atoms with Crippen LogP contribution in [0.1, 0.15) is 0 Å². The maximum absolute atomic E-state index is 12.5. The molecule has 0 fully saturated rings. The zero-order valence-electron chi connectivity index (χ0n) is 7.69. The minimum Gasteiger partial charge on any atom is -0.298 e. The van der Waals surface area contributed by atoms with E-state index in [1.807, 2.05) is 0 Å². The van der Waals surface area contributed by atoms with Gasteiger partial charge in [-0.2, -0.15) is 18.3 Å². The van der Waals surface area contributed by atoms with Crippen LogP contribution >= 0.6 is 0 Å².